The summed E-state index contributed by atoms with van der Waals surface area (Å²) in [5.41, 5.74) is 4.22. The van der Waals surface area contributed by atoms with Gasteiger partial charge in [0.05, 0.1) is 17.5 Å². The van der Waals surface area contributed by atoms with Gasteiger partial charge >= 0.3 is 6.18 Å². The second kappa shape index (κ2) is 11.2. The van der Waals surface area contributed by atoms with Crippen molar-refractivity contribution in [2.24, 2.45) is 5.10 Å². The summed E-state index contributed by atoms with van der Waals surface area (Å²) in [4.78, 5) is 12.4. The highest BCUT2D eigenvalue weighted by atomic mass is 32.2. The van der Waals surface area contributed by atoms with E-state index < -0.39 is 17.6 Å². The molecule has 38 heavy (non-hydrogen) atoms. The van der Waals surface area contributed by atoms with E-state index >= 15 is 0 Å². The van der Waals surface area contributed by atoms with Crippen molar-refractivity contribution in [3.8, 4) is 17.1 Å². The SMILES string of the molecule is CC(C)(C)c1ccc(-c2nnc(SCC(=O)N/N=C\c3ccccc3C(F)(F)F)n2-c2ccccc2)cc1. The monoisotopic (exact) mass is 537 g/mol. The lowest BCUT2D eigenvalue weighted by molar-refractivity contribution is -0.137. The standard InChI is InChI=1S/C28H26F3N5OS/c1-27(2,3)21-15-13-19(14-16-21)25-34-35-26(36(25)22-10-5-4-6-11-22)38-18-24(37)33-32-17-20-9-7-8-12-23(20)28(29,30)31/h4-17H,18H2,1-3H3,(H,33,37)/b32-17-. The van der Waals surface area contributed by atoms with Crippen LogP contribution >= 0.6 is 11.8 Å². The van der Waals surface area contributed by atoms with Gasteiger partial charge in [0, 0.05) is 16.8 Å². The third-order valence-corrected chi connectivity index (χ3v) is 6.58. The molecule has 0 radical (unpaired) electrons. The van der Waals surface area contributed by atoms with E-state index in [0.717, 1.165) is 35.3 Å². The molecule has 1 amide bonds. The first-order valence-electron chi connectivity index (χ1n) is 11.8. The third-order valence-electron chi connectivity index (χ3n) is 5.65. The van der Waals surface area contributed by atoms with Crippen LogP contribution in [-0.2, 0) is 16.4 Å². The molecule has 6 nitrogen and oxygen atoms in total. The summed E-state index contributed by atoms with van der Waals surface area (Å²) in [5, 5.41) is 12.9. The zero-order valence-electron chi connectivity index (χ0n) is 21.0. The molecule has 0 saturated heterocycles. The van der Waals surface area contributed by atoms with E-state index in [0.29, 0.717) is 11.0 Å². The number of para-hydroxylation sites is 1. The van der Waals surface area contributed by atoms with Crippen LogP contribution in [0, 0.1) is 0 Å². The molecule has 0 atom stereocenters. The van der Waals surface area contributed by atoms with Crippen molar-refractivity contribution in [3.05, 3.63) is 95.6 Å². The van der Waals surface area contributed by atoms with E-state index in [1.807, 2.05) is 47.0 Å². The number of hydrogen-bond acceptors (Lipinski definition) is 5. The van der Waals surface area contributed by atoms with E-state index in [2.05, 4.69) is 53.6 Å². The molecule has 0 saturated carbocycles. The molecular weight excluding hydrogens is 511 g/mol. The van der Waals surface area contributed by atoms with Gasteiger partial charge in [-0.15, -0.1) is 10.2 Å². The number of carbonyl (C=O) groups is 1. The van der Waals surface area contributed by atoms with Crippen LogP contribution in [0.3, 0.4) is 0 Å². The lowest BCUT2D eigenvalue weighted by Gasteiger charge is -2.19. The van der Waals surface area contributed by atoms with Crippen molar-refractivity contribution in [2.45, 2.75) is 37.5 Å². The van der Waals surface area contributed by atoms with Crippen molar-refractivity contribution in [1.29, 1.82) is 0 Å². The molecule has 10 heteroatoms. The minimum absolute atomic E-state index is 0.0112. The van der Waals surface area contributed by atoms with Crippen molar-refractivity contribution >= 4 is 23.9 Å². The van der Waals surface area contributed by atoms with Gasteiger partial charge in [0.25, 0.3) is 5.91 Å². The van der Waals surface area contributed by atoms with Crippen LogP contribution in [0.4, 0.5) is 13.2 Å². The van der Waals surface area contributed by atoms with Gasteiger partial charge in [0.2, 0.25) is 0 Å². The average Bonchev–Trinajstić information content (AvgIpc) is 3.31. The Morgan fingerprint density at radius 2 is 1.61 bits per heavy atom. The average molecular weight is 538 g/mol. The van der Waals surface area contributed by atoms with Crippen LogP contribution in [0.1, 0.15) is 37.5 Å². The molecule has 4 aromatic rings. The highest BCUT2D eigenvalue weighted by Crippen LogP contribution is 2.32. The van der Waals surface area contributed by atoms with Crippen molar-refractivity contribution in [3.63, 3.8) is 0 Å². The fraction of sp³-hybridized carbons (Fsp3) is 0.214. The van der Waals surface area contributed by atoms with E-state index in [1.54, 1.807) is 0 Å². The molecule has 0 aliphatic rings. The van der Waals surface area contributed by atoms with E-state index in [1.165, 1.54) is 23.8 Å². The molecule has 0 unspecified atom stereocenters. The fourth-order valence-corrected chi connectivity index (χ4v) is 4.43. The lowest BCUT2D eigenvalue weighted by atomic mass is 9.87. The summed E-state index contributed by atoms with van der Waals surface area (Å²) in [6.45, 7) is 6.44. The van der Waals surface area contributed by atoms with Crippen LogP contribution in [0.2, 0.25) is 0 Å². The molecule has 3 aromatic carbocycles. The van der Waals surface area contributed by atoms with Gasteiger partial charge in [0.15, 0.2) is 11.0 Å². The number of rotatable bonds is 7. The molecule has 0 spiro atoms. The number of benzene rings is 3. The molecule has 0 aliphatic carbocycles. The Kier molecular flexibility index (Phi) is 8.01. The van der Waals surface area contributed by atoms with Gasteiger partial charge in [-0.25, -0.2) is 5.43 Å². The number of aromatic nitrogens is 3. The Morgan fingerprint density at radius 1 is 0.947 bits per heavy atom. The molecule has 196 valence electrons. The summed E-state index contributed by atoms with van der Waals surface area (Å²) >= 11 is 1.15. The predicted molar refractivity (Wildman–Crippen MR) is 143 cm³/mol. The van der Waals surface area contributed by atoms with Gasteiger partial charge in [-0.1, -0.05) is 93.2 Å². The number of alkyl halides is 3. The molecular formula is C28H26F3N5OS. The molecule has 1 aromatic heterocycles. The van der Waals surface area contributed by atoms with Gasteiger partial charge in [-0.3, -0.25) is 9.36 Å². The van der Waals surface area contributed by atoms with E-state index in [9.17, 15) is 18.0 Å². The second-order valence-corrected chi connectivity index (χ2v) is 10.4. The van der Waals surface area contributed by atoms with Gasteiger partial charge < -0.3 is 0 Å². The summed E-state index contributed by atoms with van der Waals surface area (Å²) in [6.07, 6.45) is -3.54. The summed E-state index contributed by atoms with van der Waals surface area (Å²) in [5.74, 6) is 0.0717. The largest absolute Gasteiger partial charge is 0.417 e. The Morgan fingerprint density at radius 3 is 2.26 bits per heavy atom. The Balaban J connectivity index is 1.51. The maximum absolute atomic E-state index is 13.1. The number of halogens is 3. The molecule has 4 rings (SSSR count). The maximum Gasteiger partial charge on any atom is 0.417 e. The zero-order valence-corrected chi connectivity index (χ0v) is 21.8. The normalized spacial score (nSPS) is 12.2. The van der Waals surface area contributed by atoms with Crippen LogP contribution < -0.4 is 5.43 Å². The van der Waals surface area contributed by atoms with Gasteiger partial charge in [-0.2, -0.15) is 18.3 Å². The van der Waals surface area contributed by atoms with Crippen LogP contribution in [0.25, 0.3) is 17.1 Å². The topological polar surface area (TPSA) is 72.2 Å². The molecule has 1 heterocycles. The first-order valence-corrected chi connectivity index (χ1v) is 12.8. The van der Waals surface area contributed by atoms with Crippen molar-refractivity contribution in [1.82, 2.24) is 20.2 Å². The number of thioether (sulfide) groups is 1. The quantitative estimate of drug-likeness (QED) is 0.166. The lowest BCUT2D eigenvalue weighted by Crippen LogP contribution is -2.20. The smallest absolute Gasteiger partial charge is 0.272 e. The zero-order chi connectivity index (χ0) is 27.3. The van der Waals surface area contributed by atoms with Crippen LogP contribution in [0.5, 0.6) is 0 Å². The molecule has 0 bridgehead atoms. The summed E-state index contributed by atoms with van der Waals surface area (Å²) in [7, 11) is 0. The Labute approximate surface area is 223 Å². The predicted octanol–water partition coefficient (Wildman–Crippen LogP) is 6.49. The minimum Gasteiger partial charge on any atom is -0.272 e. The minimum atomic E-state index is -4.52. The van der Waals surface area contributed by atoms with Crippen molar-refractivity contribution in [2.75, 3.05) is 5.75 Å². The summed E-state index contributed by atoms with van der Waals surface area (Å²) in [6, 6.07) is 22.7. The van der Waals surface area contributed by atoms with Gasteiger partial charge in [0.1, 0.15) is 0 Å². The first kappa shape index (κ1) is 27.1. The highest BCUT2D eigenvalue weighted by Gasteiger charge is 2.32. The first-order chi connectivity index (χ1) is 18.0. The second-order valence-electron chi connectivity index (χ2n) is 9.47. The van der Waals surface area contributed by atoms with E-state index in [4.69, 9.17) is 0 Å². The number of nitrogens with zero attached hydrogens (tertiary/aromatic N) is 4. The summed E-state index contributed by atoms with van der Waals surface area (Å²) < 4.78 is 41.3. The van der Waals surface area contributed by atoms with Gasteiger partial charge in [-0.05, 0) is 29.2 Å². The van der Waals surface area contributed by atoms with Crippen molar-refractivity contribution < 1.29 is 18.0 Å². The highest BCUT2D eigenvalue weighted by molar-refractivity contribution is 7.99. The number of hydrazone groups is 1. The maximum atomic E-state index is 13.1. The third kappa shape index (κ3) is 6.49. The van der Waals surface area contributed by atoms with Crippen LogP contribution in [-0.4, -0.2) is 32.6 Å². The number of carbonyl (C=O) groups excluding carboxylic acids is 1. The Bertz CT molecular complexity index is 1430. The molecule has 0 aliphatic heterocycles. The Hall–Kier alpha value is -3.92. The number of hydrogen-bond donors (Lipinski definition) is 1. The molecule has 1 N–H and O–H groups in total. The fourth-order valence-electron chi connectivity index (χ4n) is 3.68. The molecule has 0 fully saturated rings. The van der Waals surface area contributed by atoms with E-state index in [-0.39, 0.29) is 16.7 Å². The number of amides is 1. The number of nitrogens with one attached hydrogen (secondary N) is 1. The van der Waals surface area contributed by atoms with Crippen LogP contribution in [0.15, 0.2) is 89.1 Å².